The van der Waals surface area contributed by atoms with Crippen molar-refractivity contribution in [3.8, 4) is 11.3 Å². The highest BCUT2D eigenvalue weighted by atomic mass is 32.2. The van der Waals surface area contributed by atoms with Gasteiger partial charge in [0.15, 0.2) is 6.61 Å². The Balaban J connectivity index is 1.15. The molecule has 5 rings (SSSR count). The van der Waals surface area contributed by atoms with E-state index in [1.807, 2.05) is 12.3 Å². The van der Waals surface area contributed by atoms with Crippen molar-refractivity contribution in [2.75, 3.05) is 57.2 Å². The van der Waals surface area contributed by atoms with Gasteiger partial charge in [-0.25, -0.2) is 14.0 Å². The van der Waals surface area contributed by atoms with E-state index >= 15 is 0 Å². The smallest absolute Gasteiger partial charge is 0.344 e. The van der Waals surface area contributed by atoms with E-state index in [0.29, 0.717) is 66.9 Å². The van der Waals surface area contributed by atoms with Crippen LogP contribution in [0.3, 0.4) is 0 Å². The summed E-state index contributed by atoms with van der Waals surface area (Å²) in [5, 5.41) is 3.46. The highest BCUT2D eigenvalue weighted by molar-refractivity contribution is 7.99. The van der Waals surface area contributed by atoms with Gasteiger partial charge < -0.3 is 33.0 Å². The Labute approximate surface area is 283 Å². The molecule has 1 amide bonds. The van der Waals surface area contributed by atoms with Gasteiger partial charge in [-0.15, -0.1) is 0 Å². The molecule has 0 bridgehead atoms. The number of hydrogen-bond donors (Lipinski definition) is 1. The fourth-order valence-electron chi connectivity index (χ4n) is 5.26. The largest absolute Gasteiger partial charge is 0.463 e. The lowest BCUT2D eigenvalue weighted by Crippen LogP contribution is -2.22. The zero-order valence-electron chi connectivity index (χ0n) is 27.2. The number of rotatable bonds is 17. The van der Waals surface area contributed by atoms with Crippen LogP contribution in [0.5, 0.6) is 0 Å². The van der Waals surface area contributed by atoms with E-state index in [1.165, 1.54) is 12.1 Å². The van der Waals surface area contributed by atoms with Crippen LogP contribution in [0, 0.1) is 5.82 Å². The molecule has 1 aliphatic rings. The summed E-state index contributed by atoms with van der Waals surface area (Å²) in [7, 11) is 1.59. The Morgan fingerprint density at radius 2 is 1.71 bits per heavy atom. The summed E-state index contributed by atoms with van der Waals surface area (Å²) in [5.74, 6) is -0.996. The van der Waals surface area contributed by atoms with Gasteiger partial charge in [0.2, 0.25) is 0 Å². The standard InChI is InChI=1S/C36H39FN2O8S/c1-4-45-32(40)22-46-36(42)26-7-5-23(6-8-26)21-44-18-17-43-16-15-39(48-3)30-20-31-29(19-28(30)24-9-10-24)33(35(41)38-2)34(47-31)25-11-13-27(37)14-12-25/h5-8,11-14,19-20,24H,4,9-10,15-18,21-22H2,1-3H3,(H,38,41). The minimum atomic E-state index is -0.597. The molecule has 10 nitrogen and oxygen atoms in total. The minimum absolute atomic E-state index is 0.225. The molecule has 1 aliphatic carbocycles. The molecule has 0 saturated heterocycles. The summed E-state index contributed by atoms with van der Waals surface area (Å²) in [6, 6.07) is 16.8. The summed E-state index contributed by atoms with van der Waals surface area (Å²) in [6.07, 6.45) is 4.17. The van der Waals surface area contributed by atoms with Gasteiger partial charge in [0.25, 0.3) is 5.91 Å². The molecule has 4 aromatic rings. The average Bonchev–Trinajstić information content (AvgIpc) is 3.88. The number of nitrogens with zero attached hydrogens (tertiary/aromatic N) is 1. The number of ether oxygens (including phenoxy) is 4. The number of fused-ring (bicyclic) bond motifs is 1. The summed E-state index contributed by atoms with van der Waals surface area (Å²) < 4.78 is 43.5. The number of anilines is 1. The first-order chi connectivity index (χ1) is 23.3. The van der Waals surface area contributed by atoms with E-state index in [2.05, 4.69) is 15.7 Å². The number of furan rings is 1. The molecule has 0 aliphatic heterocycles. The number of amides is 1. The third-order valence-electron chi connectivity index (χ3n) is 7.80. The number of halogens is 1. The van der Waals surface area contributed by atoms with Crippen molar-refractivity contribution < 1.29 is 42.1 Å². The normalized spacial score (nSPS) is 12.6. The number of nitrogens with one attached hydrogen (secondary N) is 1. The van der Waals surface area contributed by atoms with E-state index in [-0.39, 0.29) is 18.3 Å². The first-order valence-corrected chi connectivity index (χ1v) is 17.0. The second-order valence-corrected chi connectivity index (χ2v) is 11.9. The number of carbonyl (C=O) groups is 3. The van der Waals surface area contributed by atoms with E-state index in [1.54, 1.807) is 62.3 Å². The molecule has 48 heavy (non-hydrogen) atoms. The van der Waals surface area contributed by atoms with Gasteiger partial charge in [-0.05, 0) is 79.3 Å². The van der Waals surface area contributed by atoms with Crippen molar-refractivity contribution in [1.82, 2.24) is 5.32 Å². The Hall–Kier alpha value is -4.39. The lowest BCUT2D eigenvalue weighted by molar-refractivity contribution is -0.146. The van der Waals surface area contributed by atoms with Crippen molar-refractivity contribution in [3.05, 3.63) is 88.7 Å². The summed E-state index contributed by atoms with van der Waals surface area (Å²) in [6.45, 7) is 3.72. The zero-order chi connectivity index (χ0) is 34.0. The van der Waals surface area contributed by atoms with Crippen molar-refractivity contribution in [3.63, 3.8) is 0 Å². The van der Waals surface area contributed by atoms with Crippen LogP contribution >= 0.6 is 11.9 Å². The van der Waals surface area contributed by atoms with Crippen LogP contribution in [-0.2, 0) is 30.3 Å². The molecule has 1 fully saturated rings. The maximum Gasteiger partial charge on any atom is 0.344 e. The second kappa shape index (κ2) is 16.6. The molecule has 3 aromatic carbocycles. The fourth-order valence-corrected chi connectivity index (χ4v) is 5.87. The lowest BCUT2D eigenvalue weighted by atomic mass is 10.0. The molecule has 1 aromatic heterocycles. The summed E-state index contributed by atoms with van der Waals surface area (Å²) >= 11 is 1.59. The van der Waals surface area contributed by atoms with Crippen LogP contribution in [0.1, 0.15) is 57.5 Å². The van der Waals surface area contributed by atoms with Gasteiger partial charge in [0.05, 0.1) is 56.4 Å². The molecular weight excluding hydrogens is 639 g/mol. The third kappa shape index (κ3) is 8.74. The highest BCUT2D eigenvalue weighted by Gasteiger charge is 2.31. The topological polar surface area (TPSA) is 117 Å². The SMILES string of the molecule is CCOC(=O)COC(=O)c1ccc(COCCOCCN(SC)c2cc3oc(-c4ccc(F)cc4)c(C(=O)NC)c3cc2C2CC2)cc1. The average molecular weight is 679 g/mol. The molecule has 12 heteroatoms. The summed E-state index contributed by atoms with van der Waals surface area (Å²) in [5.41, 5.74) is 5.05. The van der Waals surface area contributed by atoms with Gasteiger partial charge in [-0.1, -0.05) is 24.1 Å². The van der Waals surface area contributed by atoms with E-state index in [9.17, 15) is 18.8 Å². The molecule has 0 radical (unpaired) electrons. The molecule has 1 N–H and O–H groups in total. The maximum atomic E-state index is 13.7. The first kappa shape index (κ1) is 34.9. The predicted octanol–water partition coefficient (Wildman–Crippen LogP) is 6.51. The van der Waals surface area contributed by atoms with E-state index in [4.69, 9.17) is 23.4 Å². The molecule has 0 atom stereocenters. The molecule has 0 unspecified atom stereocenters. The molecule has 0 spiro atoms. The first-order valence-electron chi connectivity index (χ1n) is 15.8. The molecule has 254 valence electrons. The molecule has 1 heterocycles. The Kier molecular flexibility index (Phi) is 12.1. The fraction of sp³-hybridized carbons (Fsp3) is 0.361. The van der Waals surface area contributed by atoms with Gasteiger partial charge in [-0.3, -0.25) is 4.79 Å². The van der Waals surface area contributed by atoms with Gasteiger partial charge in [0.1, 0.15) is 17.2 Å². The van der Waals surface area contributed by atoms with Gasteiger partial charge >= 0.3 is 11.9 Å². The van der Waals surface area contributed by atoms with Crippen LogP contribution in [0.4, 0.5) is 10.1 Å². The number of hydrogen-bond acceptors (Lipinski definition) is 10. The lowest BCUT2D eigenvalue weighted by Gasteiger charge is -2.24. The Morgan fingerprint density at radius 1 is 0.979 bits per heavy atom. The zero-order valence-corrected chi connectivity index (χ0v) is 28.0. The quantitative estimate of drug-likeness (QED) is 0.0753. The predicted molar refractivity (Wildman–Crippen MR) is 182 cm³/mol. The molecular formula is C36H39FN2O8S. The van der Waals surface area contributed by atoms with Gasteiger partial charge in [-0.2, -0.15) is 0 Å². The maximum absolute atomic E-state index is 13.7. The Morgan fingerprint density at radius 3 is 2.38 bits per heavy atom. The van der Waals surface area contributed by atoms with E-state index in [0.717, 1.165) is 35.0 Å². The van der Waals surface area contributed by atoms with Crippen LogP contribution in [0.15, 0.2) is 65.1 Å². The monoisotopic (exact) mass is 678 g/mol. The van der Waals surface area contributed by atoms with Crippen molar-refractivity contribution >= 4 is 46.5 Å². The van der Waals surface area contributed by atoms with Crippen LogP contribution in [-0.4, -0.2) is 70.7 Å². The third-order valence-corrected chi connectivity index (χ3v) is 8.62. The van der Waals surface area contributed by atoms with Crippen LogP contribution in [0.25, 0.3) is 22.3 Å². The van der Waals surface area contributed by atoms with Crippen molar-refractivity contribution in [1.29, 1.82) is 0 Å². The Bertz CT molecular complexity index is 1720. The second-order valence-electron chi connectivity index (χ2n) is 11.1. The van der Waals surface area contributed by atoms with Crippen molar-refractivity contribution in [2.24, 2.45) is 0 Å². The van der Waals surface area contributed by atoms with Crippen LogP contribution < -0.4 is 9.62 Å². The van der Waals surface area contributed by atoms with E-state index < -0.39 is 18.5 Å². The van der Waals surface area contributed by atoms with Crippen LogP contribution in [0.2, 0.25) is 0 Å². The minimum Gasteiger partial charge on any atom is -0.463 e. The number of esters is 2. The highest BCUT2D eigenvalue weighted by Crippen LogP contribution is 2.48. The molecule has 1 saturated carbocycles. The number of benzene rings is 3. The number of carbonyl (C=O) groups excluding carboxylic acids is 3. The van der Waals surface area contributed by atoms with Crippen molar-refractivity contribution in [2.45, 2.75) is 32.3 Å². The summed E-state index contributed by atoms with van der Waals surface area (Å²) in [4.78, 5) is 36.5. The van der Waals surface area contributed by atoms with Gasteiger partial charge in [0, 0.05) is 30.3 Å².